The van der Waals surface area contributed by atoms with Gasteiger partial charge in [-0.15, -0.1) is 0 Å². The lowest BCUT2D eigenvalue weighted by Crippen LogP contribution is -2.23. The zero-order valence-corrected chi connectivity index (χ0v) is 12.5. The molecule has 0 aliphatic heterocycles. The standard InChI is InChI=1S/C13H21IN2/c1-11(15-9-4-10-16(2)3)12-5-7-13(14)8-6-12/h5-8,11,15H,4,9-10H2,1-3H3. The summed E-state index contributed by atoms with van der Waals surface area (Å²) in [5.74, 6) is 0. The first-order valence-corrected chi connectivity index (χ1v) is 6.81. The fourth-order valence-corrected chi connectivity index (χ4v) is 1.94. The van der Waals surface area contributed by atoms with E-state index in [0.29, 0.717) is 6.04 Å². The second kappa shape index (κ2) is 7.25. The number of halogens is 1. The van der Waals surface area contributed by atoms with Crippen LogP contribution >= 0.6 is 22.6 Å². The maximum absolute atomic E-state index is 3.54. The van der Waals surface area contributed by atoms with Crippen molar-refractivity contribution < 1.29 is 0 Å². The van der Waals surface area contributed by atoms with E-state index in [9.17, 15) is 0 Å². The Balaban J connectivity index is 2.29. The molecule has 0 aliphatic rings. The fraction of sp³-hybridized carbons (Fsp3) is 0.538. The highest BCUT2D eigenvalue weighted by molar-refractivity contribution is 14.1. The summed E-state index contributed by atoms with van der Waals surface area (Å²) in [6.45, 7) is 4.44. The predicted molar refractivity (Wildman–Crippen MR) is 78.7 cm³/mol. The van der Waals surface area contributed by atoms with Crippen molar-refractivity contribution in [2.45, 2.75) is 19.4 Å². The van der Waals surface area contributed by atoms with E-state index in [1.165, 1.54) is 15.6 Å². The number of nitrogens with zero attached hydrogens (tertiary/aromatic N) is 1. The van der Waals surface area contributed by atoms with Crippen LogP contribution in [-0.4, -0.2) is 32.1 Å². The Labute approximate surface area is 113 Å². The van der Waals surface area contributed by atoms with Gasteiger partial charge in [0.2, 0.25) is 0 Å². The predicted octanol–water partition coefficient (Wildman–Crippen LogP) is 2.89. The Kier molecular flexibility index (Phi) is 6.31. The average Bonchev–Trinajstić information content (AvgIpc) is 2.25. The summed E-state index contributed by atoms with van der Waals surface area (Å²) in [5, 5.41) is 3.54. The lowest BCUT2D eigenvalue weighted by molar-refractivity contribution is 0.389. The molecule has 1 aromatic carbocycles. The number of rotatable bonds is 6. The van der Waals surface area contributed by atoms with Gasteiger partial charge in [0.05, 0.1) is 0 Å². The summed E-state index contributed by atoms with van der Waals surface area (Å²) >= 11 is 2.34. The first-order chi connectivity index (χ1) is 7.59. The van der Waals surface area contributed by atoms with Crippen LogP contribution in [0.2, 0.25) is 0 Å². The minimum atomic E-state index is 0.444. The van der Waals surface area contributed by atoms with E-state index >= 15 is 0 Å². The second-order valence-electron chi connectivity index (χ2n) is 4.38. The summed E-state index contributed by atoms with van der Waals surface area (Å²) in [5.41, 5.74) is 1.37. The third kappa shape index (κ3) is 5.27. The molecule has 1 unspecified atom stereocenters. The van der Waals surface area contributed by atoms with E-state index < -0.39 is 0 Å². The van der Waals surface area contributed by atoms with Gasteiger partial charge in [-0.3, -0.25) is 0 Å². The van der Waals surface area contributed by atoms with Gasteiger partial charge in [-0.2, -0.15) is 0 Å². The van der Waals surface area contributed by atoms with Crippen LogP contribution in [0.4, 0.5) is 0 Å². The van der Waals surface area contributed by atoms with Gasteiger partial charge in [-0.25, -0.2) is 0 Å². The highest BCUT2D eigenvalue weighted by Gasteiger charge is 2.03. The van der Waals surface area contributed by atoms with Crippen LogP contribution < -0.4 is 5.32 Å². The Morgan fingerprint density at radius 2 is 1.88 bits per heavy atom. The molecule has 0 heterocycles. The van der Waals surface area contributed by atoms with Crippen LogP contribution in [0.3, 0.4) is 0 Å². The van der Waals surface area contributed by atoms with Crippen molar-refractivity contribution in [3.63, 3.8) is 0 Å². The summed E-state index contributed by atoms with van der Waals surface area (Å²) < 4.78 is 1.29. The van der Waals surface area contributed by atoms with Crippen LogP contribution in [0, 0.1) is 3.57 Å². The Morgan fingerprint density at radius 1 is 1.25 bits per heavy atom. The van der Waals surface area contributed by atoms with Crippen LogP contribution in [-0.2, 0) is 0 Å². The van der Waals surface area contributed by atoms with Gasteiger partial charge in [0, 0.05) is 9.61 Å². The smallest absolute Gasteiger partial charge is 0.0291 e. The summed E-state index contributed by atoms with van der Waals surface area (Å²) in [4.78, 5) is 2.22. The molecule has 16 heavy (non-hydrogen) atoms. The molecule has 0 saturated heterocycles. The van der Waals surface area contributed by atoms with Crippen molar-refractivity contribution in [2.24, 2.45) is 0 Å². The van der Waals surface area contributed by atoms with Crippen molar-refractivity contribution in [3.8, 4) is 0 Å². The highest BCUT2D eigenvalue weighted by atomic mass is 127. The molecule has 0 fully saturated rings. The zero-order chi connectivity index (χ0) is 12.0. The van der Waals surface area contributed by atoms with Crippen LogP contribution in [0.15, 0.2) is 24.3 Å². The summed E-state index contributed by atoms with van der Waals surface area (Å²) in [7, 11) is 4.23. The van der Waals surface area contributed by atoms with Gasteiger partial charge in [-0.1, -0.05) is 12.1 Å². The number of benzene rings is 1. The van der Waals surface area contributed by atoms with E-state index in [1.807, 2.05) is 0 Å². The van der Waals surface area contributed by atoms with Gasteiger partial charge in [0.15, 0.2) is 0 Å². The molecule has 0 aromatic heterocycles. The molecule has 1 atom stereocenters. The van der Waals surface area contributed by atoms with Crippen molar-refractivity contribution in [1.82, 2.24) is 10.2 Å². The maximum Gasteiger partial charge on any atom is 0.0291 e. The fourth-order valence-electron chi connectivity index (χ4n) is 1.58. The van der Waals surface area contributed by atoms with Gasteiger partial charge in [-0.05, 0) is 80.8 Å². The molecule has 0 bridgehead atoms. The maximum atomic E-state index is 3.54. The molecule has 2 nitrogen and oxygen atoms in total. The molecule has 1 rings (SSSR count). The SMILES string of the molecule is CC(NCCCN(C)C)c1ccc(I)cc1. The first kappa shape index (κ1) is 13.9. The molecule has 3 heteroatoms. The zero-order valence-electron chi connectivity index (χ0n) is 10.3. The quantitative estimate of drug-likeness (QED) is 0.637. The summed E-state index contributed by atoms with van der Waals surface area (Å²) in [6.07, 6.45) is 1.20. The molecule has 0 spiro atoms. The third-order valence-corrected chi connectivity index (χ3v) is 3.32. The Morgan fingerprint density at radius 3 is 2.44 bits per heavy atom. The van der Waals surface area contributed by atoms with Gasteiger partial charge in [0.1, 0.15) is 0 Å². The van der Waals surface area contributed by atoms with E-state index in [2.05, 4.69) is 78.1 Å². The van der Waals surface area contributed by atoms with Gasteiger partial charge in [0.25, 0.3) is 0 Å². The monoisotopic (exact) mass is 332 g/mol. The molecule has 1 aromatic rings. The van der Waals surface area contributed by atoms with Gasteiger partial charge >= 0.3 is 0 Å². The van der Waals surface area contributed by atoms with E-state index in [-0.39, 0.29) is 0 Å². The third-order valence-electron chi connectivity index (χ3n) is 2.60. The second-order valence-corrected chi connectivity index (χ2v) is 5.63. The molecular formula is C13H21IN2. The molecule has 0 radical (unpaired) electrons. The van der Waals surface area contributed by atoms with Crippen molar-refractivity contribution in [3.05, 3.63) is 33.4 Å². The normalized spacial score (nSPS) is 13.1. The van der Waals surface area contributed by atoms with Crippen LogP contribution in [0.1, 0.15) is 24.9 Å². The molecule has 0 amide bonds. The molecule has 0 saturated carbocycles. The highest BCUT2D eigenvalue weighted by Crippen LogP contribution is 2.14. The molecule has 0 aliphatic carbocycles. The van der Waals surface area contributed by atoms with E-state index in [1.54, 1.807) is 0 Å². The lowest BCUT2D eigenvalue weighted by Gasteiger charge is -2.15. The largest absolute Gasteiger partial charge is 0.310 e. The van der Waals surface area contributed by atoms with Gasteiger partial charge < -0.3 is 10.2 Å². The van der Waals surface area contributed by atoms with Crippen molar-refractivity contribution in [2.75, 3.05) is 27.2 Å². The molecule has 90 valence electrons. The van der Waals surface area contributed by atoms with E-state index in [0.717, 1.165) is 13.1 Å². The summed E-state index contributed by atoms with van der Waals surface area (Å²) in [6, 6.07) is 9.16. The topological polar surface area (TPSA) is 15.3 Å². The van der Waals surface area contributed by atoms with Crippen LogP contribution in [0.25, 0.3) is 0 Å². The first-order valence-electron chi connectivity index (χ1n) is 5.73. The van der Waals surface area contributed by atoms with Crippen molar-refractivity contribution >= 4 is 22.6 Å². The van der Waals surface area contributed by atoms with Crippen molar-refractivity contribution in [1.29, 1.82) is 0 Å². The minimum Gasteiger partial charge on any atom is -0.310 e. The Bertz CT molecular complexity index is 295. The number of hydrogen-bond acceptors (Lipinski definition) is 2. The van der Waals surface area contributed by atoms with E-state index in [4.69, 9.17) is 0 Å². The average molecular weight is 332 g/mol. The lowest BCUT2D eigenvalue weighted by atomic mass is 10.1. The number of nitrogens with one attached hydrogen (secondary N) is 1. The minimum absolute atomic E-state index is 0.444. The molecular weight excluding hydrogens is 311 g/mol. The molecule has 1 N–H and O–H groups in total. The Hall–Kier alpha value is -0.130. The van der Waals surface area contributed by atoms with Crippen LogP contribution in [0.5, 0.6) is 0 Å². The number of hydrogen-bond donors (Lipinski definition) is 1.